The number of aliphatic hydroxyl groups is 1. The van der Waals surface area contributed by atoms with E-state index in [9.17, 15) is 14.7 Å². The van der Waals surface area contributed by atoms with Crippen molar-refractivity contribution in [2.75, 3.05) is 6.54 Å². The van der Waals surface area contributed by atoms with Gasteiger partial charge in [0, 0.05) is 31.4 Å². The predicted octanol–water partition coefficient (Wildman–Crippen LogP) is 3.75. The van der Waals surface area contributed by atoms with Crippen molar-refractivity contribution in [3.8, 4) is 11.8 Å². The van der Waals surface area contributed by atoms with Crippen molar-refractivity contribution in [2.45, 2.75) is 65.1 Å². The lowest BCUT2D eigenvalue weighted by atomic mass is 10.0. The van der Waals surface area contributed by atoms with E-state index in [0.29, 0.717) is 32.2 Å². The number of benzene rings is 1. The van der Waals surface area contributed by atoms with Gasteiger partial charge in [-0.2, -0.15) is 0 Å². The molecule has 0 bridgehead atoms. The van der Waals surface area contributed by atoms with E-state index in [0.717, 1.165) is 11.1 Å². The Labute approximate surface area is 156 Å². The standard InChI is InChI=1S/C21H29NO4/c1-5-18(23)12-7-6-9-16-10-8-11-17(15-16)19(24)13-14-22-20(25)26-21(2,3)4/h8,10-11,15,19,24H,5,7,12-14H2,1-4H3,(H,22,25). The summed E-state index contributed by atoms with van der Waals surface area (Å²) in [5.41, 5.74) is 0.996. The van der Waals surface area contributed by atoms with E-state index in [1.54, 1.807) is 20.8 Å². The third-order valence-electron chi connectivity index (χ3n) is 3.51. The van der Waals surface area contributed by atoms with Crippen molar-refractivity contribution in [1.82, 2.24) is 5.32 Å². The summed E-state index contributed by atoms with van der Waals surface area (Å²) in [4.78, 5) is 22.8. The molecule has 0 aliphatic heterocycles. The van der Waals surface area contributed by atoms with Gasteiger partial charge >= 0.3 is 6.09 Å². The number of hydrogen-bond acceptors (Lipinski definition) is 4. The van der Waals surface area contributed by atoms with Crippen LogP contribution in [0.3, 0.4) is 0 Å². The summed E-state index contributed by atoms with van der Waals surface area (Å²) < 4.78 is 5.15. The molecule has 5 heteroatoms. The largest absolute Gasteiger partial charge is 0.444 e. The normalized spacial score (nSPS) is 11.9. The fraction of sp³-hybridized carbons (Fsp3) is 0.524. The molecule has 0 radical (unpaired) electrons. The van der Waals surface area contributed by atoms with Gasteiger partial charge in [-0.1, -0.05) is 30.9 Å². The molecule has 1 atom stereocenters. The van der Waals surface area contributed by atoms with Gasteiger partial charge < -0.3 is 15.2 Å². The number of hydrogen-bond donors (Lipinski definition) is 2. The van der Waals surface area contributed by atoms with Crippen molar-refractivity contribution >= 4 is 11.9 Å². The van der Waals surface area contributed by atoms with Crippen LogP contribution < -0.4 is 5.32 Å². The molecule has 1 aromatic carbocycles. The fourth-order valence-electron chi connectivity index (χ4n) is 2.16. The van der Waals surface area contributed by atoms with E-state index in [4.69, 9.17) is 4.74 Å². The molecular weight excluding hydrogens is 330 g/mol. The highest BCUT2D eigenvalue weighted by Crippen LogP contribution is 2.17. The average Bonchev–Trinajstić information content (AvgIpc) is 2.57. The van der Waals surface area contributed by atoms with E-state index >= 15 is 0 Å². The SMILES string of the molecule is CCC(=O)CCC#Cc1cccc(C(O)CCNC(=O)OC(C)(C)C)c1. The highest BCUT2D eigenvalue weighted by Gasteiger charge is 2.16. The minimum atomic E-state index is -0.701. The molecular formula is C21H29NO4. The summed E-state index contributed by atoms with van der Waals surface area (Å²) in [6.45, 7) is 7.55. The number of rotatable bonds is 7. The zero-order valence-corrected chi connectivity index (χ0v) is 16.1. The van der Waals surface area contributed by atoms with Crippen molar-refractivity contribution in [1.29, 1.82) is 0 Å². The third-order valence-corrected chi connectivity index (χ3v) is 3.51. The topological polar surface area (TPSA) is 75.6 Å². The molecule has 0 aromatic heterocycles. The number of ether oxygens (including phenoxy) is 1. The molecule has 0 fully saturated rings. The lowest BCUT2D eigenvalue weighted by Gasteiger charge is -2.20. The number of carbonyl (C=O) groups is 2. The van der Waals surface area contributed by atoms with Crippen LogP contribution in [-0.4, -0.2) is 29.1 Å². The van der Waals surface area contributed by atoms with Crippen LogP contribution in [0.2, 0.25) is 0 Å². The Morgan fingerprint density at radius 2 is 2.04 bits per heavy atom. The summed E-state index contributed by atoms with van der Waals surface area (Å²) in [6.07, 6.45) is 0.739. The lowest BCUT2D eigenvalue weighted by Crippen LogP contribution is -2.33. The van der Waals surface area contributed by atoms with Gasteiger partial charge in [-0.15, -0.1) is 0 Å². The van der Waals surface area contributed by atoms with E-state index in [-0.39, 0.29) is 5.78 Å². The quantitative estimate of drug-likeness (QED) is 0.727. The maximum Gasteiger partial charge on any atom is 0.407 e. The Hall–Kier alpha value is -2.32. The second-order valence-electron chi connectivity index (χ2n) is 7.05. The van der Waals surface area contributed by atoms with Crippen LogP contribution in [0.15, 0.2) is 24.3 Å². The minimum Gasteiger partial charge on any atom is -0.444 e. The Morgan fingerprint density at radius 1 is 1.31 bits per heavy atom. The minimum absolute atomic E-state index is 0.209. The van der Waals surface area contributed by atoms with Crippen LogP contribution in [0.4, 0.5) is 4.79 Å². The number of ketones is 1. The van der Waals surface area contributed by atoms with Crippen LogP contribution in [0.25, 0.3) is 0 Å². The van der Waals surface area contributed by atoms with E-state index in [1.807, 2.05) is 31.2 Å². The number of nitrogens with one attached hydrogen (secondary N) is 1. The maximum atomic E-state index is 11.6. The Kier molecular flexibility index (Phi) is 8.87. The summed E-state index contributed by atoms with van der Waals surface area (Å²) >= 11 is 0. The molecule has 142 valence electrons. The van der Waals surface area contributed by atoms with Gasteiger partial charge in [0.15, 0.2) is 0 Å². The molecule has 1 aromatic rings. The van der Waals surface area contributed by atoms with E-state index < -0.39 is 17.8 Å². The van der Waals surface area contributed by atoms with Crippen molar-refractivity contribution in [3.63, 3.8) is 0 Å². The van der Waals surface area contributed by atoms with Gasteiger partial charge in [0.25, 0.3) is 0 Å². The molecule has 1 unspecified atom stereocenters. The Bertz CT molecular complexity index is 665. The second kappa shape index (κ2) is 10.6. The number of amides is 1. The molecule has 1 amide bonds. The molecule has 0 heterocycles. The first-order valence-corrected chi connectivity index (χ1v) is 8.96. The predicted molar refractivity (Wildman–Crippen MR) is 102 cm³/mol. The highest BCUT2D eigenvalue weighted by atomic mass is 16.6. The Morgan fingerprint density at radius 3 is 2.69 bits per heavy atom. The molecule has 0 aliphatic carbocycles. The first-order chi connectivity index (χ1) is 12.2. The molecule has 26 heavy (non-hydrogen) atoms. The second-order valence-corrected chi connectivity index (χ2v) is 7.05. The van der Waals surface area contributed by atoms with E-state index in [2.05, 4.69) is 17.2 Å². The fourth-order valence-corrected chi connectivity index (χ4v) is 2.16. The summed E-state index contributed by atoms with van der Waals surface area (Å²) in [5.74, 6) is 6.21. The van der Waals surface area contributed by atoms with Crippen molar-refractivity contribution in [2.24, 2.45) is 0 Å². The van der Waals surface area contributed by atoms with Gasteiger partial charge in [0.2, 0.25) is 0 Å². The summed E-state index contributed by atoms with van der Waals surface area (Å²) in [6, 6.07) is 7.35. The van der Waals surface area contributed by atoms with Gasteiger partial charge in [-0.25, -0.2) is 4.79 Å². The van der Waals surface area contributed by atoms with Crippen molar-refractivity contribution < 1.29 is 19.4 Å². The summed E-state index contributed by atoms with van der Waals surface area (Å²) in [5, 5.41) is 12.9. The molecule has 0 saturated heterocycles. The highest BCUT2D eigenvalue weighted by molar-refractivity contribution is 5.78. The van der Waals surface area contributed by atoms with Crippen molar-refractivity contribution in [3.05, 3.63) is 35.4 Å². The smallest absolute Gasteiger partial charge is 0.407 e. The van der Waals surface area contributed by atoms with Gasteiger partial charge in [-0.3, -0.25) is 4.79 Å². The molecule has 0 saturated carbocycles. The molecule has 0 spiro atoms. The maximum absolute atomic E-state index is 11.6. The number of carbonyl (C=O) groups excluding carboxylic acids is 2. The Balaban J connectivity index is 2.50. The molecule has 2 N–H and O–H groups in total. The molecule has 0 aliphatic rings. The number of aliphatic hydroxyl groups excluding tert-OH is 1. The first-order valence-electron chi connectivity index (χ1n) is 8.96. The number of Topliss-reactive ketones (excluding diaryl/α,β-unsaturated/α-hetero) is 1. The van der Waals surface area contributed by atoms with Crippen LogP contribution >= 0.6 is 0 Å². The average molecular weight is 359 g/mol. The molecule has 5 nitrogen and oxygen atoms in total. The zero-order chi connectivity index (χ0) is 19.6. The van der Waals surface area contributed by atoms with Crippen LogP contribution in [0.1, 0.15) is 70.6 Å². The first kappa shape index (κ1) is 21.7. The van der Waals surface area contributed by atoms with Crippen LogP contribution in [0.5, 0.6) is 0 Å². The van der Waals surface area contributed by atoms with Crippen LogP contribution in [-0.2, 0) is 9.53 Å². The monoisotopic (exact) mass is 359 g/mol. The van der Waals surface area contributed by atoms with E-state index in [1.165, 1.54) is 0 Å². The lowest BCUT2D eigenvalue weighted by molar-refractivity contribution is -0.118. The van der Waals surface area contributed by atoms with Gasteiger partial charge in [0.1, 0.15) is 11.4 Å². The number of alkyl carbamates (subject to hydrolysis) is 1. The third kappa shape index (κ3) is 9.24. The summed E-state index contributed by atoms with van der Waals surface area (Å²) in [7, 11) is 0. The van der Waals surface area contributed by atoms with Crippen LogP contribution in [0, 0.1) is 11.8 Å². The zero-order valence-electron chi connectivity index (χ0n) is 16.1. The van der Waals surface area contributed by atoms with Gasteiger partial charge in [-0.05, 0) is 44.9 Å². The molecule has 1 rings (SSSR count). The van der Waals surface area contributed by atoms with Gasteiger partial charge in [0.05, 0.1) is 6.10 Å².